The summed E-state index contributed by atoms with van der Waals surface area (Å²) in [5, 5.41) is 0. The van der Waals surface area contributed by atoms with Crippen molar-refractivity contribution in [2.45, 2.75) is 19.8 Å². The van der Waals surface area contributed by atoms with Gasteiger partial charge in [-0.3, -0.25) is 9.59 Å². The summed E-state index contributed by atoms with van der Waals surface area (Å²) in [4.78, 5) is 48.0. The van der Waals surface area contributed by atoms with Gasteiger partial charge in [0.1, 0.15) is 13.2 Å². The molecule has 0 heterocycles. The van der Waals surface area contributed by atoms with Gasteiger partial charge in [-0.1, -0.05) is 55.1 Å². The summed E-state index contributed by atoms with van der Waals surface area (Å²) in [7, 11) is 0. The Kier molecular flexibility index (Phi) is 11.2. The van der Waals surface area contributed by atoms with Crippen molar-refractivity contribution in [3.8, 4) is 0 Å². The Balaban J connectivity index is 1.63. The van der Waals surface area contributed by atoms with Crippen LogP contribution in [0.1, 0.15) is 46.0 Å². The van der Waals surface area contributed by atoms with Gasteiger partial charge >= 0.3 is 17.9 Å². The summed E-state index contributed by atoms with van der Waals surface area (Å²) in [5.41, 5.74) is 1.23. The number of ether oxygens (including phenoxy) is 4. The lowest BCUT2D eigenvalue weighted by Gasteiger charge is -2.10. The first-order valence-electron chi connectivity index (χ1n) is 10.8. The molecule has 0 atom stereocenters. The third-order valence-corrected chi connectivity index (χ3v) is 4.49. The maximum Gasteiger partial charge on any atom is 0.338 e. The van der Waals surface area contributed by atoms with Crippen molar-refractivity contribution in [1.29, 1.82) is 0 Å². The molecule has 2 aromatic rings. The van der Waals surface area contributed by atoms with Gasteiger partial charge in [-0.15, -0.1) is 0 Å². The van der Waals surface area contributed by atoms with Crippen LogP contribution in [0.15, 0.2) is 66.7 Å². The van der Waals surface area contributed by atoms with E-state index < -0.39 is 17.9 Å². The second kappa shape index (κ2) is 14.4. The zero-order valence-corrected chi connectivity index (χ0v) is 19.1. The van der Waals surface area contributed by atoms with Crippen molar-refractivity contribution in [3.05, 3.63) is 83.4 Å². The maximum atomic E-state index is 12.7. The van der Waals surface area contributed by atoms with Gasteiger partial charge in [-0.05, 0) is 19.4 Å². The van der Waals surface area contributed by atoms with Gasteiger partial charge in [0.2, 0.25) is 0 Å². The molecule has 0 bridgehead atoms. The molecular formula is C26H28O8. The molecule has 0 N–H and O–H groups in total. The fraction of sp³-hybridized carbons (Fsp3) is 0.308. The number of esters is 3. The second-order valence-electron chi connectivity index (χ2n) is 7.23. The molecule has 180 valence electrons. The number of rotatable bonds is 14. The van der Waals surface area contributed by atoms with E-state index in [1.165, 1.54) is 0 Å². The molecule has 0 fully saturated rings. The quantitative estimate of drug-likeness (QED) is 0.136. The minimum absolute atomic E-state index is 0.0191. The molecule has 0 unspecified atom stereocenters. The molecule has 0 aliphatic carbocycles. The summed E-state index contributed by atoms with van der Waals surface area (Å²) in [5.74, 6) is -1.81. The van der Waals surface area contributed by atoms with E-state index in [9.17, 15) is 19.2 Å². The van der Waals surface area contributed by atoms with E-state index in [1.54, 1.807) is 55.5 Å². The Bertz CT molecular complexity index is 997. The number of hydrogen-bond acceptors (Lipinski definition) is 8. The molecule has 0 aliphatic heterocycles. The molecule has 0 saturated heterocycles. The Morgan fingerprint density at radius 2 is 1.35 bits per heavy atom. The van der Waals surface area contributed by atoms with E-state index in [1.807, 2.05) is 6.07 Å². The van der Waals surface area contributed by atoms with Crippen molar-refractivity contribution in [1.82, 2.24) is 0 Å². The van der Waals surface area contributed by atoms with E-state index in [0.29, 0.717) is 17.6 Å². The minimum Gasteiger partial charge on any atom is -0.463 e. The molecule has 8 nitrogen and oxygen atoms in total. The van der Waals surface area contributed by atoms with Gasteiger partial charge in [-0.25, -0.2) is 9.59 Å². The number of hydrogen-bond donors (Lipinski definition) is 0. The molecular weight excluding hydrogens is 440 g/mol. The molecule has 0 radical (unpaired) electrons. The van der Waals surface area contributed by atoms with Crippen LogP contribution in [0, 0.1) is 0 Å². The predicted octanol–water partition coefficient (Wildman–Crippen LogP) is 3.53. The van der Waals surface area contributed by atoms with Crippen LogP contribution < -0.4 is 0 Å². The van der Waals surface area contributed by atoms with Crippen molar-refractivity contribution in [2.24, 2.45) is 0 Å². The van der Waals surface area contributed by atoms with E-state index in [0.717, 1.165) is 0 Å². The summed E-state index contributed by atoms with van der Waals surface area (Å²) < 4.78 is 20.4. The number of carbonyl (C=O) groups excluding carboxylic acids is 4. The summed E-state index contributed by atoms with van der Waals surface area (Å²) in [6.45, 7) is 5.40. The molecule has 2 aromatic carbocycles. The van der Waals surface area contributed by atoms with Crippen LogP contribution in [0.3, 0.4) is 0 Å². The van der Waals surface area contributed by atoms with E-state index in [2.05, 4.69) is 6.58 Å². The first-order chi connectivity index (χ1) is 16.4. The van der Waals surface area contributed by atoms with Gasteiger partial charge in [0.05, 0.1) is 25.4 Å². The van der Waals surface area contributed by atoms with Crippen LogP contribution in [0.2, 0.25) is 0 Å². The van der Waals surface area contributed by atoms with Gasteiger partial charge in [-0.2, -0.15) is 0 Å². The van der Waals surface area contributed by atoms with E-state index >= 15 is 0 Å². The van der Waals surface area contributed by atoms with Crippen molar-refractivity contribution in [3.63, 3.8) is 0 Å². The zero-order chi connectivity index (χ0) is 24.8. The number of carbonyl (C=O) groups is 4. The molecule has 0 amide bonds. The molecule has 0 aromatic heterocycles. The smallest absolute Gasteiger partial charge is 0.338 e. The highest BCUT2D eigenvalue weighted by Gasteiger charge is 2.18. The Hall–Kier alpha value is -3.78. The van der Waals surface area contributed by atoms with Gasteiger partial charge in [0, 0.05) is 23.1 Å². The normalized spacial score (nSPS) is 10.3. The Morgan fingerprint density at radius 3 is 2.03 bits per heavy atom. The highest BCUT2D eigenvalue weighted by molar-refractivity contribution is 6.14. The largest absolute Gasteiger partial charge is 0.463 e. The van der Waals surface area contributed by atoms with Crippen molar-refractivity contribution < 1.29 is 38.1 Å². The molecule has 34 heavy (non-hydrogen) atoms. The minimum atomic E-state index is -0.623. The summed E-state index contributed by atoms with van der Waals surface area (Å²) >= 11 is 0. The van der Waals surface area contributed by atoms with Crippen molar-refractivity contribution >= 4 is 23.7 Å². The molecule has 2 rings (SSSR count). The molecule has 0 aliphatic rings. The molecule has 0 spiro atoms. The van der Waals surface area contributed by atoms with Crippen LogP contribution in [-0.2, 0) is 28.5 Å². The van der Waals surface area contributed by atoms with Gasteiger partial charge in [0.25, 0.3) is 0 Å². The van der Waals surface area contributed by atoms with Crippen LogP contribution in [-0.4, -0.2) is 56.7 Å². The lowest BCUT2D eigenvalue weighted by atomic mass is 9.98. The third kappa shape index (κ3) is 8.99. The summed E-state index contributed by atoms with van der Waals surface area (Å²) in [6.07, 6.45) is 0.463. The molecule has 8 heteroatoms. The standard InChI is InChI=1S/C26H28O8/c1-19(2)25(29)33-14-8-13-23(27)32-17-15-31-16-18-34-26(30)22-12-7-6-11-21(22)24(28)20-9-4-3-5-10-20/h3-7,9-12H,1,8,13-18H2,2H3. The van der Waals surface area contributed by atoms with Gasteiger partial charge in [0.15, 0.2) is 5.78 Å². The number of ketones is 1. The SMILES string of the molecule is C=C(C)C(=O)OCCCC(=O)OCCOCCOC(=O)c1ccccc1C(=O)c1ccccc1. The lowest BCUT2D eigenvalue weighted by molar-refractivity contribution is -0.147. The molecule has 0 saturated carbocycles. The highest BCUT2D eigenvalue weighted by Crippen LogP contribution is 2.15. The zero-order valence-electron chi connectivity index (χ0n) is 19.1. The fourth-order valence-electron chi connectivity index (χ4n) is 2.77. The van der Waals surface area contributed by atoms with Crippen LogP contribution in [0.25, 0.3) is 0 Å². The number of benzene rings is 2. The second-order valence-corrected chi connectivity index (χ2v) is 7.23. The monoisotopic (exact) mass is 468 g/mol. The van der Waals surface area contributed by atoms with Crippen LogP contribution >= 0.6 is 0 Å². The van der Waals surface area contributed by atoms with Crippen molar-refractivity contribution in [2.75, 3.05) is 33.0 Å². The van der Waals surface area contributed by atoms with E-state index in [4.69, 9.17) is 18.9 Å². The summed E-state index contributed by atoms with van der Waals surface area (Å²) in [6, 6.07) is 15.2. The Labute approximate surface area is 198 Å². The van der Waals surface area contributed by atoms with Crippen LogP contribution in [0.4, 0.5) is 0 Å². The average molecular weight is 469 g/mol. The van der Waals surface area contributed by atoms with E-state index in [-0.39, 0.29) is 56.4 Å². The first-order valence-corrected chi connectivity index (χ1v) is 10.8. The third-order valence-electron chi connectivity index (χ3n) is 4.49. The van der Waals surface area contributed by atoms with Gasteiger partial charge < -0.3 is 18.9 Å². The fourth-order valence-corrected chi connectivity index (χ4v) is 2.77. The lowest BCUT2D eigenvalue weighted by Crippen LogP contribution is -2.17. The predicted molar refractivity (Wildman–Crippen MR) is 123 cm³/mol. The highest BCUT2D eigenvalue weighted by atomic mass is 16.6. The topological polar surface area (TPSA) is 105 Å². The first kappa shape index (κ1) is 26.5. The average Bonchev–Trinajstić information content (AvgIpc) is 2.85. The van der Waals surface area contributed by atoms with Crippen LogP contribution in [0.5, 0.6) is 0 Å². The Morgan fingerprint density at radius 1 is 0.735 bits per heavy atom. The maximum absolute atomic E-state index is 12.7.